The molecule has 0 aliphatic carbocycles. The van der Waals surface area contributed by atoms with Crippen molar-refractivity contribution in [2.75, 3.05) is 0 Å². The predicted molar refractivity (Wildman–Crippen MR) is 126 cm³/mol. The highest BCUT2D eigenvalue weighted by Crippen LogP contribution is 2.26. The monoisotopic (exact) mass is 418 g/mol. The highest BCUT2D eigenvalue weighted by molar-refractivity contribution is 5.98. The lowest BCUT2D eigenvalue weighted by molar-refractivity contribution is 0.0718. The van der Waals surface area contributed by atoms with Gasteiger partial charge in [0.15, 0.2) is 0 Å². The van der Waals surface area contributed by atoms with Crippen LogP contribution in [0.3, 0.4) is 0 Å². The third-order valence-corrected chi connectivity index (χ3v) is 5.53. The Hall–Kier alpha value is -4.18. The molecule has 0 aliphatic heterocycles. The van der Waals surface area contributed by atoms with Gasteiger partial charge in [-0.25, -0.2) is 0 Å². The number of carbonyl (C=O) groups excluding carboxylic acids is 1. The molecule has 156 valence electrons. The van der Waals surface area contributed by atoms with Crippen LogP contribution in [0.15, 0.2) is 114 Å². The quantitative estimate of drug-likeness (QED) is 0.323. The number of benzene rings is 3. The lowest BCUT2D eigenvalue weighted by Gasteiger charge is -2.24. The molecular weight excluding hydrogens is 396 g/mol. The Labute approximate surface area is 186 Å². The van der Waals surface area contributed by atoms with Gasteiger partial charge in [0.2, 0.25) is 0 Å². The van der Waals surface area contributed by atoms with Gasteiger partial charge in [0.05, 0.1) is 18.3 Å². The molecule has 0 N–H and O–H groups in total. The maximum absolute atomic E-state index is 13.6. The van der Waals surface area contributed by atoms with Gasteiger partial charge in [0.1, 0.15) is 5.76 Å². The van der Waals surface area contributed by atoms with Crippen molar-refractivity contribution >= 4 is 16.8 Å². The summed E-state index contributed by atoms with van der Waals surface area (Å²) >= 11 is 0. The zero-order valence-electron chi connectivity index (χ0n) is 17.5. The molecule has 5 rings (SSSR count). The minimum Gasteiger partial charge on any atom is -0.467 e. The molecule has 4 heteroatoms. The number of amides is 1. The van der Waals surface area contributed by atoms with E-state index < -0.39 is 0 Å². The largest absolute Gasteiger partial charge is 0.467 e. The summed E-state index contributed by atoms with van der Waals surface area (Å²) in [5, 5.41) is 0.945. The van der Waals surface area contributed by atoms with Gasteiger partial charge < -0.3 is 9.32 Å². The lowest BCUT2D eigenvalue weighted by Crippen LogP contribution is -2.30. The molecule has 5 aromatic rings. The van der Waals surface area contributed by atoms with Crippen LogP contribution < -0.4 is 0 Å². The molecule has 2 aromatic heterocycles. The predicted octanol–water partition coefficient (Wildman–Crippen LogP) is 6.34. The van der Waals surface area contributed by atoms with Crippen molar-refractivity contribution in [3.8, 4) is 11.1 Å². The number of carbonyl (C=O) groups is 1. The fourth-order valence-electron chi connectivity index (χ4n) is 3.94. The molecule has 4 nitrogen and oxygen atoms in total. The summed E-state index contributed by atoms with van der Waals surface area (Å²) in [6.07, 6.45) is 3.39. The topological polar surface area (TPSA) is 46.3 Å². The third-order valence-electron chi connectivity index (χ3n) is 5.53. The van der Waals surface area contributed by atoms with Crippen LogP contribution in [0.5, 0.6) is 0 Å². The van der Waals surface area contributed by atoms with Gasteiger partial charge in [-0.15, -0.1) is 0 Å². The zero-order valence-corrected chi connectivity index (χ0v) is 17.5. The maximum Gasteiger partial charge on any atom is 0.254 e. The van der Waals surface area contributed by atoms with E-state index in [9.17, 15) is 4.79 Å². The number of aromatic nitrogens is 1. The lowest BCUT2D eigenvalue weighted by atomic mass is 9.99. The van der Waals surface area contributed by atoms with Crippen molar-refractivity contribution in [3.63, 3.8) is 0 Å². The molecule has 0 unspecified atom stereocenters. The summed E-state index contributed by atoms with van der Waals surface area (Å²) in [5.74, 6) is 0.702. The molecule has 32 heavy (non-hydrogen) atoms. The van der Waals surface area contributed by atoms with E-state index in [1.54, 1.807) is 12.5 Å². The van der Waals surface area contributed by atoms with Crippen LogP contribution in [0.2, 0.25) is 0 Å². The van der Waals surface area contributed by atoms with Crippen molar-refractivity contribution in [2.24, 2.45) is 0 Å². The van der Waals surface area contributed by atoms with E-state index in [1.165, 1.54) is 0 Å². The summed E-state index contributed by atoms with van der Waals surface area (Å²) < 4.78 is 5.57. The Morgan fingerprint density at radius 1 is 0.812 bits per heavy atom. The van der Waals surface area contributed by atoms with Crippen LogP contribution in [-0.4, -0.2) is 15.8 Å². The van der Waals surface area contributed by atoms with E-state index >= 15 is 0 Å². The molecule has 0 saturated heterocycles. The first-order chi connectivity index (χ1) is 15.8. The van der Waals surface area contributed by atoms with E-state index in [1.807, 2.05) is 77.7 Å². The minimum atomic E-state index is -0.0463. The van der Waals surface area contributed by atoms with E-state index in [4.69, 9.17) is 4.42 Å². The number of pyridine rings is 1. The number of hydrogen-bond donors (Lipinski definition) is 0. The fraction of sp³-hybridized carbons (Fsp3) is 0.0714. The smallest absolute Gasteiger partial charge is 0.254 e. The number of rotatable bonds is 6. The van der Waals surface area contributed by atoms with Crippen LogP contribution in [0.25, 0.3) is 22.0 Å². The number of fused-ring (bicyclic) bond motifs is 1. The Bertz CT molecular complexity index is 1340. The first-order valence-corrected chi connectivity index (χ1v) is 10.6. The molecular formula is C28H22N2O2. The van der Waals surface area contributed by atoms with Crippen molar-refractivity contribution in [1.82, 2.24) is 9.88 Å². The Morgan fingerprint density at radius 2 is 1.66 bits per heavy atom. The Kier molecular flexibility index (Phi) is 5.50. The normalized spacial score (nSPS) is 10.9. The minimum absolute atomic E-state index is 0.0463. The van der Waals surface area contributed by atoms with Crippen molar-refractivity contribution in [2.45, 2.75) is 13.1 Å². The number of hydrogen-bond acceptors (Lipinski definition) is 3. The summed E-state index contributed by atoms with van der Waals surface area (Å²) in [6, 6.07) is 31.7. The van der Waals surface area contributed by atoms with Crippen molar-refractivity contribution < 1.29 is 9.21 Å². The van der Waals surface area contributed by atoms with Crippen LogP contribution >= 0.6 is 0 Å². The second kappa shape index (κ2) is 8.90. The second-order valence-electron chi connectivity index (χ2n) is 7.67. The molecule has 3 aromatic carbocycles. The van der Waals surface area contributed by atoms with Gasteiger partial charge in [0.25, 0.3) is 5.91 Å². The number of furan rings is 1. The van der Waals surface area contributed by atoms with Crippen molar-refractivity contribution in [3.05, 3.63) is 126 Å². The highest BCUT2D eigenvalue weighted by atomic mass is 16.3. The molecule has 0 radical (unpaired) electrons. The average Bonchev–Trinajstić information content (AvgIpc) is 3.37. The van der Waals surface area contributed by atoms with E-state index in [0.717, 1.165) is 33.4 Å². The first-order valence-electron chi connectivity index (χ1n) is 10.6. The van der Waals surface area contributed by atoms with E-state index in [0.29, 0.717) is 18.7 Å². The molecule has 0 spiro atoms. The summed E-state index contributed by atoms with van der Waals surface area (Å²) in [6.45, 7) is 0.857. The summed E-state index contributed by atoms with van der Waals surface area (Å²) in [5.41, 5.74) is 4.84. The molecule has 2 heterocycles. The first kappa shape index (κ1) is 19.8. The van der Waals surface area contributed by atoms with E-state index in [2.05, 4.69) is 29.2 Å². The molecule has 0 aliphatic rings. The Balaban J connectivity index is 1.51. The molecule has 1 amide bonds. The van der Waals surface area contributed by atoms with E-state index in [-0.39, 0.29) is 5.91 Å². The summed E-state index contributed by atoms with van der Waals surface area (Å²) in [7, 11) is 0. The second-order valence-corrected chi connectivity index (χ2v) is 7.67. The van der Waals surface area contributed by atoms with Gasteiger partial charge in [-0.1, -0.05) is 60.7 Å². The average molecular weight is 418 g/mol. The van der Waals surface area contributed by atoms with Gasteiger partial charge in [0, 0.05) is 23.7 Å². The zero-order chi connectivity index (χ0) is 21.8. The van der Waals surface area contributed by atoms with Gasteiger partial charge in [-0.3, -0.25) is 9.78 Å². The Morgan fingerprint density at radius 3 is 2.50 bits per heavy atom. The standard InChI is InChI=1S/C28H22N2O2/c31-28(23-14-15-27-22(18-23)11-6-16-29-27)30(20-25-12-7-17-32-25)19-24-10-4-5-13-26(24)21-8-2-1-3-9-21/h1-18H,19-20H2. The molecule has 0 saturated carbocycles. The maximum atomic E-state index is 13.6. The van der Waals surface area contributed by atoms with Gasteiger partial charge in [-0.2, -0.15) is 0 Å². The molecule has 0 atom stereocenters. The van der Waals surface area contributed by atoms with Gasteiger partial charge >= 0.3 is 0 Å². The molecule has 0 fully saturated rings. The van der Waals surface area contributed by atoms with Crippen LogP contribution in [-0.2, 0) is 13.1 Å². The van der Waals surface area contributed by atoms with Crippen LogP contribution in [0.4, 0.5) is 0 Å². The summed E-state index contributed by atoms with van der Waals surface area (Å²) in [4.78, 5) is 19.8. The fourth-order valence-corrected chi connectivity index (χ4v) is 3.94. The SMILES string of the molecule is O=C(c1ccc2ncccc2c1)N(Cc1ccco1)Cc1ccccc1-c1ccccc1. The van der Waals surface area contributed by atoms with Crippen LogP contribution in [0, 0.1) is 0 Å². The molecule has 0 bridgehead atoms. The third kappa shape index (κ3) is 4.16. The van der Waals surface area contributed by atoms with Crippen LogP contribution in [0.1, 0.15) is 21.7 Å². The van der Waals surface area contributed by atoms with Gasteiger partial charge in [-0.05, 0) is 53.1 Å². The van der Waals surface area contributed by atoms with Crippen molar-refractivity contribution in [1.29, 1.82) is 0 Å². The highest BCUT2D eigenvalue weighted by Gasteiger charge is 2.20. The number of nitrogens with zero attached hydrogens (tertiary/aromatic N) is 2.